The van der Waals surface area contributed by atoms with Gasteiger partial charge in [0.15, 0.2) is 0 Å². The van der Waals surface area contributed by atoms with Crippen molar-refractivity contribution >= 4 is 12.1 Å². The van der Waals surface area contributed by atoms with Gasteiger partial charge >= 0.3 is 12.1 Å². The number of hydrogen-bond acceptors (Lipinski definition) is 4. The van der Waals surface area contributed by atoms with Gasteiger partial charge in [0.1, 0.15) is 11.9 Å². The van der Waals surface area contributed by atoms with Crippen LogP contribution in [0.5, 0.6) is 0 Å². The van der Waals surface area contributed by atoms with Crippen molar-refractivity contribution in [2.75, 3.05) is 0 Å². The molecule has 6 nitrogen and oxygen atoms in total. The summed E-state index contributed by atoms with van der Waals surface area (Å²) >= 11 is 0. The number of ether oxygens (including phenoxy) is 1. The molecule has 0 aliphatic carbocycles. The molecule has 1 aromatic heterocycles. The van der Waals surface area contributed by atoms with Crippen molar-refractivity contribution in [1.82, 2.24) is 9.55 Å². The third-order valence-corrected chi connectivity index (χ3v) is 2.18. The summed E-state index contributed by atoms with van der Waals surface area (Å²) in [7, 11) is 0. The summed E-state index contributed by atoms with van der Waals surface area (Å²) in [5.41, 5.74) is -0.0219. The molecular weight excluding hydrogens is 236 g/mol. The van der Waals surface area contributed by atoms with Crippen LogP contribution in [0.3, 0.4) is 0 Å². The van der Waals surface area contributed by atoms with Crippen molar-refractivity contribution < 1.29 is 19.4 Å². The number of carboxylic acid groups (broad SMARTS) is 1. The Bertz CT molecular complexity index is 445. The minimum absolute atomic E-state index is 0.283. The van der Waals surface area contributed by atoms with Gasteiger partial charge in [0.05, 0.1) is 11.6 Å². The van der Waals surface area contributed by atoms with Crippen molar-refractivity contribution in [3.05, 3.63) is 18.2 Å². The molecule has 0 aliphatic heterocycles. The fourth-order valence-electron chi connectivity index (χ4n) is 1.28. The first kappa shape index (κ1) is 14.2. The van der Waals surface area contributed by atoms with Gasteiger partial charge in [-0.3, -0.25) is 4.79 Å². The molecule has 0 radical (unpaired) electrons. The molecule has 1 unspecified atom stereocenters. The van der Waals surface area contributed by atoms with Crippen LogP contribution in [0.1, 0.15) is 33.4 Å². The van der Waals surface area contributed by atoms with Gasteiger partial charge in [-0.25, -0.2) is 14.3 Å². The Morgan fingerprint density at radius 1 is 1.50 bits per heavy atom. The van der Waals surface area contributed by atoms with Crippen LogP contribution in [0.25, 0.3) is 0 Å². The van der Waals surface area contributed by atoms with Crippen LogP contribution in [0.15, 0.2) is 12.5 Å². The number of hydrogen-bond donors (Lipinski definition) is 1. The summed E-state index contributed by atoms with van der Waals surface area (Å²) in [5, 5.41) is 8.79. The van der Waals surface area contributed by atoms with Crippen LogP contribution in [0.4, 0.5) is 4.79 Å². The van der Waals surface area contributed by atoms with Gasteiger partial charge in [0.2, 0.25) is 0 Å². The maximum Gasteiger partial charge on any atom is 0.419 e. The fraction of sp³-hybridized carbons (Fsp3) is 0.583. The van der Waals surface area contributed by atoms with Crippen LogP contribution < -0.4 is 0 Å². The maximum atomic E-state index is 11.7. The molecule has 6 heteroatoms. The molecule has 0 fully saturated rings. The van der Waals surface area contributed by atoms with E-state index in [1.165, 1.54) is 17.1 Å². The second kappa shape index (κ2) is 5.20. The van der Waals surface area contributed by atoms with E-state index in [4.69, 9.17) is 9.84 Å². The van der Waals surface area contributed by atoms with E-state index in [2.05, 4.69) is 4.98 Å². The van der Waals surface area contributed by atoms with Crippen LogP contribution in [0, 0.1) is 5.92 Å². The van der Waals surface area contributed by atoms with E-state index in [9.17, 15) is 9.59 Å². The third kappa shape index (κ3) is 4.20. The first-order valence-electron chi connectivity index (χ1n) is 5.68. The number of carboxylic acids is 1. The number of carbonyl (C=O) groups is 2. The van der Waals surface area contributed by atoms with E-state index in [0.29, 0.717) is 5.69 Å². The molecule has 18 heavy (non-hydrogen) atoms. The van der Waals surface area contributed by atoms with Gasteiger partial charge in [0.25, 0.3) is 0 Å². The Labute approximate surface area is 106 Å². The van der Waals surface area contributed by atoms with E-state index >= 15 is 0 Å². The molecular formula is C12H18N2O4. The van der Waals surface area contributed by atoms with Crippen molar-refractivity contribution in [1.29, 1.82) is 0 Å². The maximum absolute atomic E-state index is 11.7. The molecule has 0 aliphatic rings. The van der Waals surface area contributed by atoms with Crippen LogP contribution in [-0.4, -0.2) is 32.3 Å². The van der Waals surface area contributed by atoms with Gasteiger partial charge in [0, 0.05) is 12.6 Å². The standard InChI is InChI=1S/C12H18N2O4/c1-8(10(15)16)5-9-6-14(7-13-9)11(17)18-12(2,3)4/h6-8H,5H2,1-4H3,(H,15,16). The topological polar surface area (TPSA) is 81.4 Å². The van der Waals surface area contributed by atoms with Gasteiger partial charge in [-0.2, -0.15) is 0 Å². The number of aromatic nitrogens is 2. The number of carbonyl (C=O) groups excluding carboxylic acids is 1. The normalized spacial score (nSPS) is 13.1. The van der Waals surface area contributed by atoms with E-state index in [-0.39, 0.29) is 6.42 Å². The minimum atomic E-state index is -0.887. The van der Waals surface area contributed by atoms with E-state index in [1.54, 1.807) is 27.7 Å². The van der Waals surface area contributed by atoms with Crippen molar-refractivity contribution in [3.63, 3.8) is 0 Å². The first-order chi connectivity index (χ1) is 8.19. The number of rotatable bonds is 3. The Morgan fingerprint density at radius 3 is 2.61 bits per heavy atom. The zero-order valence-corrected chi connectivity index (χ0v) is 11.0. The quantitative estimate of drug-likeness (QED) is 0.891. The van der Waals surface area contributed by atoms with E-state index in [0.717, 1.165) is 0 Å². The summed E-state index contributed by atoms with van der Waals surface area (Å²) in [4.78, 5) is 26.4. The third-order valence-electron chi connectivity index (χ3n) is 2.18. The largest absolute Gasteiger partial charge is 0.481 e. The zero-order chi connectivity index (χ0) is 13.9. The summed E-state index contributed by atoms with van der Waals surface area (Å²) in [5.74, 6) is -1.42. The van der Waals surface area contributed by atoms with Crippen LogP contribution in [-0.2, 0) is 16.0 Å². The Balaban J connectivity index is 2.69. The minimum Gasteiger partial charge on any atom is -0.481 e. The van der Waals surface area contributed by atoms with E-state index in [1.807, 2.05) is 0 Å². The number of nitrogens with zero attached hydrogens (tertiary/aromatic N) is 2. The fourth-order valence-corrected chi connectivity index (χ4v) is 1.28. The summed E-state index contributed by atoms with van der Waals surface area (Å²) in [6, 6.07) is 0. The molecule has 0 saturated carbocycles. The molecule has 1 heterocycles. The molecule has 0 saturated heterocycles. The average Bonchev–Trinajstić information content (AvgIpc) is 2.63. The van der Waals surface area contributed by atoms with Gasteiger partial charge < -0.3 is 9.84 Å². The lowest BCUT2D eigenvalue weighted by Gasteiger charge is -2.19. The predicted octanol–water partition coefficient (Wildman–Crippen LogP) is 1.93. The van der Waals surface area contributed by atoms with Crippen molar-refractivity contribution in [3.8, 4) is 0 Å². The zero-order valence-electron chi connectivity index (χ0n) is 11.0. The Morgan fingerprint density at radius 2 is 2.11 bits per heavy atom. The van der Waals surface area contributed by atoms with Gasteiger partial charge in [-0.15, -0.1) is 0 Å². The van der Waals surface area contributed by atoms with E-state index < -0.39 is 23.6 Å². The average molecular weight is 254 g/mol. The summed E-state index contributed by atoms with van der Waals surface area (Å²) in [6.07, 6.45) is 2.58. The highest BCUT2D eigenvalue weighted by atomic mass is 16.6. The smallest absolute Gasteiger partial charge is 0.419 e. The predicted molar refractivity (Wildman–Crippen MR) is 64.4 cm³/mol. The summed E-state index contributed by atoms with van der Waals surface area (Å²) < 4.78 is 6.37. The molecule has 0 amide bonds. The SMILES string of the molecule is CC(Cc1cn(C(=O)OC(C)(C)C)cn1)C(=O)O. The van der Waals surface area contributed by atoms with Crippen molar-refractivity contribution in [2.24, 2.45) is 5.92 Å². The number of aliphatic carboxylic acids is 1. The molecule has 1 rings (SSSR count). The second-order valence-corrected chi connectivity index (χ2v) is 5.20. The molecule has 0 aromatic carbocycles. The highest BCUT2D eigenvalue weighted by Gasteiger charge is 2.19. The molecule has 1 aromatic rings. The van der Waals surface area contributed by atoms with Gasteiger partial charge in [-0.05, 0) is 20.8 Å². The lowest BCUT2D eigenvalue weighted by Crippen LogP contribution is -2.26. The molecule has 1 atom stereocenters. The van der Waals surface area contributed by atoms with Crippen LogP contribution >= 0.6 is 0 Å². The lowest BCUT2D eigenvalue weighted by molar-refractivity contribution is -0.141. The molecule has 100 valence electrons. The Kier molecular flexibility index (Phi) is 4.11. The highest BCUT2D eigenvalue weighted by Crippen LogP contribution is 2.11. The second-order valence-electron chi connectivity index (χ2n) is 5.20. The highest BCUT2D eigenvalue weighted by molar-refractivity contribution is 5.71. The van der Waals surface area contributed by atoms with Gasteiger partial charge in [-0.1, -0.05) is 6.92 Å². The molecule has 1 N–H and O–H groups in total. The summed E-state index contributed by atoms with van der Waals surface area (Å²) in [6.45, 7) is 6.91. The van der Waals surface area contributed by atoms with Crippen LogP contribution in [0.2, 0.25) is 0 Å². The number of imidazole rings is 1. The monoisotopic (exact) mass is 254 g/mol. The Hall–Kier alpha value is -1.85. The molecule has 0 spiro atoms. The lowest BCUT2D eigenvalue weighted by atomic mass is 10.1. The molecule has 0 bridgehead atoms. The van der Waals surface area contributed by atoms with Crippen molar-refractivity contribution in [2.45, 2.75) is 39.7 Å². The first-order valence-corrected chi connectivity index (χ1v) is 5.68.